The Kier molecular flexibility index (Phi) is 6.28. The molecular weight excluding hydrogens is 372 g/mol. The van der Waals surface area contributed by atoms with Crippen molar-refractivity contribution in [3.63, 3.8) is 0 Å². The van der Waals surface area contributed by atoms with Crippen molar-refractivity contribution in [1.29, 1.82) is 0 Å². The number of carbonyl (C=O) groups excluding carboxylic acids is 3. The molecule has 1 aliphatic heterocycles. The van der Waals surface area contributed by atoms with Gasteiger partial charge >= 0.3 is 11.8 Å². The molecule has 1 saturated heterocycles. The summed E-state index contributed by atoms with van der Waals surface area (Å²) in [6.07, 6.45) is 0.574. The molecule has 1 aromatic heterocycles. The summed E-state index contributed by atoms with van der Waals surface area (Å²) < 4.78 is 1.47. The maximum absolute atomic E-state index is 12.3. The highest BCUT2D eigenvalue weighted by Gasteiger charge is 2.28. The Bertz CT molecular complexity index is 905. The molecule has 1 fully saturated rings. The van der Waals surface area contributed by atoms with Crippen molar-refractivity contribution in [3.8, 4) is 0 Å². The average Bonchev–Trinajstić information content (AvgIpc) is 3.06. The first-order valence-electron chi connectivity index (χ1n) is 9.62. The van der Waals surface area contributed by atoms with Gasteiger partial charge in [-0.15, -0.1) is 0 Å². The van der Waals surface area contributed by atoms with Gasteiger partial charge in [-0.05, 0) is 25.8 Å². The Labute approximate surface area is 169 Å². The molecule has 0 bridgehead atoms. The molecule has 0 saturated carbocycles. The summed E-state index contributed by atoms with van der Waals surface area (Å²) in [5.41, 5.74) is 2.67. The Morgan fingerprint density at radius 1 is 1.21 bits per heavy atom. The summed E-state index contributed by atoms with van der Waals surface area (Å²) in [7, 11) is 0. The molecule has 1 aliphatic rings. The lowest BCUT2D eigenvalue weighted by atomic mass is 10.1. The highest BCUT2D eigenvalue weighted by molar-refractivity contribution is 6.39. The number of anilines is 1. The first-order valence-corrected chi connectivity index (χ1v) is 9.62. The van der Waals surface area contributed by atoms with Crippen molar-refractivity contribution in [3.05, 3.63) is 47.2 Å². The fraction of sp³-hybridized carbons (Fsp3) is 0.400. The van der Waals surface area contributed by atoms with Crippen LogP contribution in [0.4, 0.5) is 5.82 Å². The van der Waals surface area contributed by atoms with E-state index < -0.39 is 18.1 Å². The molecule has 4 N–H and O–H groups in total. The molecular formula is C20H26N6O3. The zero-order valence-electron chi connectivity index (χ0n) is 16.8. The second-order valence-electron chi connectivity index (χ2n) is 7.18. The molecule has 9 heteroatoms. The molecule has 0 spiro atoms. The minimum Gasteiger partial charge on any atom is -0.344 e. The maximum atomic E-state index is 12.3. The van der Waals surface area contributed by atoms with Crippen LogP contribution >= 0.6 is 0 Å². The van der Waals surface area contributed by atoms with E-state index in [2.05, 4.69) is 26.4 Å². The number of nitrogens with one attached hydrogen (secondary N) is 4. The van der Waals surface area contributed by atoms with Gasteiger partial charge < -0.3 is 16.0 Å². The Morgan fingerprint density at radius 2 is 1.93 bits per heavy atom. The zero-order valence-corrected chi connectivity index (χ0v) is 16.8. The normalized spacial score (nSPS) is 18.8. The highest BCUT2D eigenvalue weighted by Crippen LogP contribution is 2.18. The minimum absolute atomic E-state index is 0.0135. The molecule has 2 atom stereocenters. The van der Waals surface area contributed by atoms with Gasteiger partial charge in [-0.2, -0.15) is 5.10 Å². The van der Waals surface area contributed by atoms with Crippen molar-refractivity contribution >= 4 is 23.5 Å². The van der Waals surface area contributed by atoms with E-state index in [0.717, 1.165) is 17.5 Å². The van der Waals surface area contributed by atoms with E-state index in [1.165, 1.54) is 4.68 Å². The van der Waals surface area contributed by atoms with Crippen LogP contribution in [0.1, 0.15) is 42.9 Å². The number of hydrogen-bond acceptors (Lipinski definition) is 5. The summed E-state index contributed by atoms with van der Waals surface area (Å²) in [6, 6.07) is 9.34. The quantitative estimate of drug-likeness (QED) is 0.563. The number of benzene rings is 1. The number of amides is 3. The van der Waals surface area contributed by atoms with E-state index in [0.29, 0.717) is 17.9 Å². The van der Waals surface area contributed by atoms with E-state index in [9.17, 15) is 14.4 Å². The van der Waals surface area contributed by atoms with Gasteiger partial charge in [0.25, 0.3) is 0 Å². The molecule has 154 valence electrons. The van der Waals surface area contributed by atoms with Gasteiger partial charge in [0.2, 0.25) is 5.91 Å². The lowest BCUT2D eigenvalue weighted by Gasteiger charge is -2.31. The van der Waals surface area contributed by atoms with Crippen LogP contribution in [0.15, 0.2) is 30.3 Å². The monoisotopic (exact) mass is 398 g/mol. The lowest BCUT2D eigenvalue weighted by molar-refractivity contribution is -0.136. The van der Waals surface area contributed by atoms with Gasteiger partial charge in [0.15, 0.2) is 6.29 Å². The molecule has 3 amide bonds. The van der Waals surface area contributed by atoms with E-state index >= 15 is 0 Å². The molecule has 2 unspecified atom stereocenters. The maximum Gasteiger partial charge on any atom is 0.314 e. The van der Waals surface area contributed by atoms with E-state index in [1.54, 1.807) is 13.0 Å². The van der Waals surface area contributed by atoms with Crippen LogP contribution in [0.3, 0.4) is 0 Å². The van der Waals surface area contributed by atoms with Crippen LogP contribution in [0.25, 0.3) is 0 Å². The number of aryl methyl sites for hydroxylation is 2. The van der Waals surface area contributed by atoms with Gasteiger partial charge in [-0.25, -0.2) is 4.68 Å². The number of hydrogen-bond donors (Lipinski definition) is 4. The van der Waals surface area contributed by atoms with Gasteiger partial charge in [-0.1, -0.05) is 36.8 Å². The molecule has 9 nitrogen and oxygen atoms in total. The first kappa shape index (κ1) is 20.5. The minimum atomic E-state index is -0.799. The largest absolute Gasteiger partial charge is 0.344 e. The van der Waals surface area contributed by atoms with Crippen LogP contribution in [-0.2, 0) is 20.9 Å². The molecule has 2 heterocycles. The van der Waals surface area contributed by atoms with Crippen molar-refractivity contribution < 1.29 is 14.4 Å². The fourth-order valence-electron chi connectivity index (χ4n) is 3.10. The Hall–Kier alpha value is -3.20. The van der Waals surface area contributed by atoms with Crippen molar-refractivity contribution in [1.82, 2.24) is 25.7 Å². The van der Waals surface area contributed by atoms with Crippen LogP contribution in [0.5, 0.6) is 0 Å². The number of aromatic nitrogens is 2. The van der Waals surface area contributed by atoms with Crippen molar-refractivity contribution in [2.45, 2.75) is 52.5 Å². The third-order valence-corrected chi connectivity index (χ3v) is 4.74. The van der Waals surface area contributed by atoms with E-state index in [-0.39, 0.29) is 18.5 Å². The molecule has 2 aromatic rings. The summed E-state index contributed by atoms with van der Waals surface area (Å²) in [5.74, 6) is -1.31. The Morgan fingerprint density at radius 3 is 2.62 bits per heavy atom. The summed E-state index contributed by atoms with van der Waals surface area (Å²) in [6.45, 7) is 5.99. The molecule has 29 heavy (non-hydrogen) atoms. The van der Waals surface area contributed by atoms with Gasteiger partial charge in [0.1, 0.15) is 5.82 Å². The van der Waals surface area contributed by atoms with Crippen molar-refractivity contribution in [2.24, 2.45) is 0 Å². The predicted molar refractivity (Wildman–Crippen MR) is 108 cm³/mol. The number of carbonyl (C=O) groups is 3. The first-order chi connectivity index (χ1) is 13.9. The van der Waals surface area contributed by atoms with Crippen LogP contribution < -0.4 is 21.3 Å². The molecule has 0 aliphatic carbocycles. The van der Waals surface area contributed by atoms with Crippen molar-refractivity contribution in [2.75, 3.05) is 5.32 Å². The van der Waals surface area contributed by atoms with Crippen LogP contribution in [-0.4, -0.2) is 33.5 Å². The second-order valence-corrected chi connectivity index (χ2v) is 7.18. The standard InChI is InChI=1S/C20H26N6O3/c1-4-15-10-17(27)24-20(22-15)26-16(9-13(3)25-26)23-19(29)18(28)21-11-14-7-5-12(2)6-8-14/h5-9,15,20,22H,4,10-11H2,1-3H3,(H,21,28)(H,23,29)(H,24,27). The predicted octanol–water partition coefficient (Wildman–Crippen LogP) is 1.10. The number of rotatable bonds is 5. The fourth-order valence-corrected chi connectivity index (χ4v) is 3.10. The second kappa shape index (κ2) is 8.87. The third-order valence-electron chi connectivity index (χ3n) is 4.74. The van der Waals surface area contributed by atoms with Gasteiger partial charge in [-0.3, -0.25) is 19.7 Å². The smallest absolute Gasteiger partial charge is 0.314 e. The number of nitrogens with zero attached hydrogens (tertiary/aromatic N) is 2. The summed E-state index contributed by atoms with van der Waals surface area (Å²) in [4.78, 5) is 36.5. The summed E-state index contributed by atoms with van der Waals surface area (Å²) in [5, 5.41) is 15.6. The Balaban J connectivity index is 1.65. The molecule has 3 rings (SSSR count). The lowest BCUT2D eigenvalue weighted by Crippen LogP contribution is -2.53. The SMILES string of the molecule is CCC1CC(=O)NC(n2nc(C)cc2NC(=O)C(=O)NCc2ccc(C)cc2)N1. The zero-order chi connectivity index (χ0) is 21.0. The highest BCUT2D eigenvalue weighted by atomic mass is 16.2. The van der Waals surface area contributed by atoms with E-state index in [4.69, 9.17) is 0 Å². The topological polar surface area (TPSA) is 117 Å². The molecule has 0 radical (unpaired) electrons. The van der Waals surface area contributed by atoms with Crippen LogP contribution in [0.2, 0.25) is 0 Å². The average molecular weight is 398 g/mol. The van der Waals surface area contributed by atoms with Gasteiger partial charge in [0.05, 0.1) is 5.69 Å². The molecule has 1 aromatic carbocycles. The van der Waals surface area contributed by atoms with E-state index in [1.807, 2.05) is 38.1 Å². The van der Waals surface area contributed by atoms with Crippen LogP contribution in [0, 0.1) is 13.8 Å². The van der Waals surface area contributed by atoms with Gasteiger partial charge in [0, 0.05) is 25.1 Å². The third kappa shape index (κ3) is 5.20. The summed E-state index contributed by atoms with van der Waals surface area (Å²) >= 11 is 0.